The highest BCUT2D eigenvalue weighted by molar-refractivity contribution is 5.75. The van der Waals surface area contributed by atoms with Crippen molar-refractivity contribution in [3.8, 4) is 0 Å². The molecule has 3 aromatic rings. The molecule has 1 saturated heterocycles. The molecule has 1 fully saturated rings. The maximum absolute atomic E-state index is 12.2. The van der Waals surface area contributed by atoms with Gasteiger partial charge in [0, 0.05) is 19.0 Å². The van der Waals surface area contributed by atoms with Crippen LogP contribution in [0.2, 0.25) is 0 Å². The van der Waals surface area contributed by atoms with Crippen molar-refractivity contribution in [3.63, 3.8) is 0 Å². The molecule has 2 amide bonds. The summed E-state index contributed by atoms with van der Waals surface area (Å²) in [7, 11) is 0. The predicted octanol–water partition coefficient (Wildman–Crippen LogP) is 3.25. The van der Waals surface area contributed by atoms with Crippen LogP contribution >= 0.6 is 0 Å². The molecule has 4 rings (SSSR count). The quantitative estimate of drug-likeness (QED) is 0.776. The van der Waals surface area contributed by atoms with Gasteiger partial charge in [0.05, 0.1) is 23.8 Å². The van der Waals surface area contributed by atoms with Crippen LogP contribution in [0.15, 0.2) is 47.1 Å². The van der Waals surface area contributed by atoms with E-state index in [4.69, 9.17) is 4.42 Å². The first-order chi connectivity index (χ1) is 11.8. The highest BCUT2D eigenvalue weighted by atomic mass is 16.3. The Labute approximate surface area is 139 Å². The van der Waals surface area contributed by atoms with Crippen molar-refractivity contribution in [2.45, 2.75) is 25.3 Å². The van der Waals surface area contributed by atoms with Crippen molar-refractivity contribution in [2.75, 3.05) is 13.1 Å². The summed E-state index contributed by atoms with van der Waals surface area (Å²) in [5.41, 5.74) is 2.08. The number of carbonyl (C=O) groups excluding carboxylic acids is 1. The van der Waals surface area contributed by atoms with Crippen molar-refractivity contribution in [1.29, 1.82) is 0 Å². The van der Waals surface area contributed by atoms with E-state index in [1.165, 1.54) is 0 Å². The summed E-state index contributed by atoms with van der Waals surface area (Å²) in [6.45, 7) is 1.91. The molecule has 1 aliphatic rings. The van der Waals surface area contributed by atoms with Crippen LogP contribution in [0.4, 0.5) is 4.79 Å². The van der Waals surface area contributed by atoms with Crippen LogP contribution in [-0.4, -0.2) is 34.0 Å². The number of furan rings is 1. The molecule has 6 heteroatoms. The van der Waals surface area contributed by atoms with Gasteiger partial charge in [-0.3, -0.25) is 0 Å². The lowest BCUT2D eigenvalue weighted by Crippen LogP contribution is -2.43. The van der Waals surface area contributed by atoms with Crippen LogP contribution in [0.25, 0.3) is 11.0 Å². The zero-order chi connectivity index (χ0) is 16.4. The Hall–Kier alpha value is -2.76. The van der Waals surface area contributed by atoms with Gasteiger partial charge in [-0.05, 0) is 37.1 Å². The van der Waals surface area contributed by atoms with E-state index in [0.717, 1.165) is 48.5 Å². The van der Waals surface area contributed by atoms with E-state index in [1.807, 2.05) is 41.3 Å². The monoisotopic (exact) mass is 324 g/mol. The highest BCUT2D eigenvalue weighted by Gasteiger charge is 2.25. The van der Waals surface area contributed by atoms with Crippen LogP contribution in [0.1, 0.15) is 30.3 Å². The number of H-pyrrole nitrogens is 1. The van der Waals surface area contributed by atoms with E-state index in [9.17, 15) is 4.79 Å². The fraction of sp³-hybridized carbons (Fsp3) is 0.333. The summed E-state index contributed by atoms with van der Waals surface area (Å²) < 4.78 is 5.23. The van der Waals surface area contributed by atoms with E-state index < -0.39 is 0 Å². The van der Waals surface area contributed by atoms with E-state index in [-0.39, 0.29) is 6.03 Å². The summed E-state index contributed by atoms with van der Waals surface area (Å²) in [6.07, 6.45) is 3.46. The minimum Gasteiger partial charge on any atom is -0.467 e. The largest absolute Gasteiger partial charge is 0.467 e. The molecular weight excluding hydrogens is 304 g/mol. The SMILES string of the molecule is O=C(NCc1ccco1)N1CCC(c2nc3ccccc3[nH]2)CC1. The molecule has 0 unspecified atom stereocenters. The van der Waals surface area contributed by atoms with E-state index >= 15 is 0 Å². The lowest BCUT2D eigenvalue weighted by Gasteiger charge is -2.31. The molecule has 6 nitrogen and oxygen atoms in total. The number of hydrogen-bond donors (Lipinski definition) is 2. The van der Waals surface area contributed by atoms with Gasteiger partial charge < -0.3 is 19.6 Å². The summed E-state index contributed by atoms with van der Waals surface area (Å²) >= 11 is 0. The summed E-state index contributed by atoms with van der Waals surface area (Å²) in [5, 5.41) is 2.90. The number of benzene rings is 1. The maximum Gasteiger partial charge on any atom is 0.317 e. The number of imidazole rings is 1. The Bertz CT molecular complexity index is 784. The molecule has 1 aliphatic heterocycles. The van der Waals surface area contributed by atoms with Gasteiger partial charge >= 0.3 is 6.03 Å². The zero-order valence-electron chi connectivity index (χ0n) is 13.4. The first-order valence-electron chi connectivity index (χ1n) is 8.29. The number of piperidine rings is 1. The van der Waals surface area contributed by atoms with Crippen molar-refractivity contribution in [3.05, 3.63) is 54.2 Å². The van der Waals surface area contributed by atoms with Crippen molar-refractivity contribution in [2.24, 2.45) is 0 Å². The predicted molar refractivity (Wildman–Crippen MR) is 90.6 cm³/mol. The molecule has 124 valence electrons. The van der Waals surface area contributed by atoms with E-state index in [0.29, 0.717) is 12.5 Å². The summed E-state index contributed by atoms with van der Waals surface area (Å²) in [4.78, 5) is 22.2. The third kappa shape index (κ3) is 2.99. The Morgan fingerprint density at radius 1 is 1.25 bits per heavy atom. The fourth-order valence-electron chi connectivity index (χ4n) is 3.21. The smallest absolute Gasteiger partial charge is 0.317 e. The molecule has 2 N–H and O–H groups in total. The second kappa shape index (κ2) is 6.39. The molecule has 2 aromatic heterocycles. The van der Waals surface area contributed by atoms with Crippen LogP contribution in [0.3, 0.4) is 0 Å². The van der Waals surface area contributed by atoms with Crippen molar-refractivity contribution < 1.29 is 9.21 Å². The number of aromatic amines is 1. The number of amides is 2. The molecule has 1 aromatic carbocycles. The topological polar surface area (TPSA) is 74.2 Å². The average molecular weight is 324 g/mol. The van der Waals surface area contributed by atoms with Crippen molar-refractivity contribution >= 4 is 17.1 Å². The first-order valence-corrected chi connectivity index (χ1v) is 8.29. The molecule has 0 radical (unpaired) electrons. The second-order valence-electron chi connectivity index (χ2n) is 6.14. The standard InChI is InChI=1S/C18H20N4O2/c23-18(19-12-14-4-3-11-24-14)22-9-7-13(8-10-22)17-20-15-5-1-2-6-16(15)21-17/h1-6,11,13H,7-10,12H2,(H,19,23)(H,20,21). The molecule has 24 heavy (non-hydrogen) atoms. The Morgan fingerprint density at radius 2 is 2.08 bits per heavy atom. The van der Waals surface area contributed by atoms with E-state index in [2.05, 4.69) is 15.3 Å². The number of para-hydroxylation sites is 2. The molecular formula is C18H20N4O2. The van der Waals surface area contributed by atoms with Gasteiger partial charge in [0.15, 0.2) is 0 Å². The number of urea groups is 1. The fourth-order valence-corrected chi connectivity index (χ4v) is 3.21. The molecule has 0 bridgehead atoms. The maximum atomic E-state index is 12.2. The number of nitrogens with zero attached hydrogens (tertiary/aromatic N) is 2. The Kier molecular flexibility index (Phi) is 3.94. The number of nitrogens with one attached hydrogen (secondary N) is 2. The normalized spacial score (nSPS) is 15.8. The third-order valence-electron chi connectivity index (χ3n) is 4.57. The second-order valence-corrected chi connectivity index (χ2v) is 6.14. The molecule has 0 saturated carbocycles. The van der Waals surface area contributed by atoms with Gasteiger partial charge in [0.1, 0.15) is 11.6 Å². The Balaban J connectivity index is 1.33. The molecule has 0 aliphatic carbocycles. The Morgan fingerprint density at radius 3 is 2.83 bits per heavy atom. The van der Waals surface area contributed by atoms with E-state index in [1.54, 1.807) is 6.26 Å². The molecule has 3 heterocycles. The van der Waals surface area contributed by atoms with Gasteiger partial charge in [0.25, 0.3) is 0 Å². The van der Waals surface area contributed by atoms with Gasteiger partial charge in [-0.2, -0.15) is 0 Å². The highest BCUT2D eigenvalue weighted by Crippen LogP contribution is 2.27. The lowest BCUT2D eigenvalue weighted by molar-refractivity contribution is 0.179. The van der Waals surface area contributed by atoms with Gasteiger partial charge in [-0.15, -0.1) is 0 Å². The van der Waals surface area contributed by atoms with Gasteiger partial charge in [0.2, 0.25) is 0 Å². The van der Waals surface area contributed by atoms with Crippen molar-refractivity contribution in [1.82, 2.24) is 20.2 Å². The minimum atomic E-state index is -0.0329. The number of fused-ring (bicyclic) bond motifs is 1. The van der Waals surface area contributed by atoms with Crippen LogP contribution < -0.4 is 5.32 Å². The summed E-state index contributed by atoms with van der Waals surface area (Å²) in [6, 6.07) is 11.7. The minimum absolute atomic E-state index is 0.0329. The average Bonchev–Trinajstić information content (AvgIpc) is 3.29. The number of aromatic nitrogens is 2. The number of rotatable bonds is 3. The summed E-state index contributed by atoms with van der Waals surface area (Å²) in [5.74, 6) is 2.18. The number of carbonyl (C=O) groups is 1. The number of hydrogen-bond acceptors (Lipinski definition) is 3. The van der Waals surface area contributed by atoms with Gasteiger partial charge in [-0.25, -0.2) is 9.78 Å². The van der Waals surface area contributed by atoms with Crippen LogP contribution in [0, 0.1) is 0 Å². The zero-order valence-corrected chi connectivity index (χ0v) is 13.4. The molecule has 0 atom stereocenters. The third-order valence-corrected chi connectivity index (χ3v) is 4.57. The van der Waals surface area contributed by atoms with Crippen LogP contribution in [0.5, 0.6) is 0 Å². The van der Waals surface area contributed by atoms with Gasteiger partial charge in [-0.1, -0.05) is 12.1 Å². The lowest BCUT2D eigenvalue weighted by atomic mass is 9.96. The van der Waals surface area contributed by atoms with Crippen LogP contribution in [-0.2, 0) is 6.54 Å². The first kappa shape index (κ1) is 14.8. The number of likely N-dealkylation sites (tertiary alicyclic amines) is 1. The molecule has 0 spiro atoms.